The van der Waals surface area contributed by atoms with Crippen molar-refractivity contribution in [3.8, 4) is 0 Å². The van der Waals surface area contributed by atoms with Gasteiger partial charge in [0.2, 0.25) is 0 Å². The summed E-state index contributed by atoms with van der Waals surface area (Å²) in [4.78, 5) is 43.6. The van der Waals surface area contributed by atoms with Crippen LogP contribution in [-0.4, -0.2) is 69.2 Å². The molecule has 6 atom stereocenters. The molecule has 32 heavy (non-hydrogen) atoms. The number of aliphatic hydroxyl groups excluding tert-OH is 2. The minimum Gasteiger partial charge on any atom is -0.387 e. The molecule has 3 heterocycles. The molecule has 1 aliphatic heterocycles. The van der Waals surface area contributed by atoms with Gasteiger partial charge in [0.15, 0.2) is 6.23 Å². The molecule has 1 aliphatic rings. The standard InChI is InChI=1S/C11H16IN4O13P3/c12-4-1-16(10-6(4)9(13)14-3-15-10)11-8(18)7(17)5(27-11)2-26-31(22,23)29-32(24,25)28-30(19,20)21/h1,3,5,7-8,11,17-18H,2H2,(H,22,23)(H,24,25)(H2,13,14,15)(H2,19,20,21)/t5-,7?,8+,11-/m1/s1. The first-order chi connectivity index (χ1) is 14.6. The van der Waals surface area contributed by atoms with Crippen LogP contribution in [0.2, 0.25) is 0 Å². The Morgan fingerprint density at radius 2 is 1.75 bits per heavy atom. The SMILES string of the molecule is Nc1ncnc2c1c(I)cn2[C@@H]1O[C@H](COP(=O)(O)OP(=O)(O)OP(=O)(O)O)C(O)[C@@H]1O. The van der Waals surface area contributed by atoms with Crippen molar-refractivity contribution in [2.75, 3.05) is 12.3 Å². The number of phosphoric acid groups is 3. The molecule has 0 aromatic carbocycles. The number of phosphoric ester groups is 1. The Morgan fingerprint density at radius 3 is 2.38 bits per heavy atom. The molecule has 0 aliphatic carbocycles. The lowest BCUT2D eigenvalue weighted by Crippen LogP contribution is -2.33. The van der Waals surface area contributed by atoms with Crippen LogP contribution >= 0.6 is 46.1 Å². The lowest BCUT2D eigenvalue weighted by Gasteiger charge is -2.19. The summed E-state index contributed by atoms with van der Waals surface area (Å²) in [6.45, 7) is -0.939. The van der Waals surface area contributed by atoms with E-state index in [0.29, 0.717) is 8.96 Å². The minimum absolute atomic E-state index is 0.162. The fourth-order valence-corrected chi connectivity index (χ4v) is 6.67. The summed E-state index contributed by atoms with van der Waals surface area (Å²) in [5.74, 6) is 0.162. The topological polar surface area (TPSA) is 266 Å². The highest BCUT2D eigenvalue weighted by atomic mass is 127. The van der Waals surface area contributed by atoms with E-state index in [-0.39, 0.29) is 11.5 Å². The molecular formula is C11H16IN4O13P3. The van der Waals surface area contributed by atoms with Crippen LogP contribution in [0.4, 0.5) is 5.82 Å². The summed E-state index contributed by atoms with van der Waals surface area (Å²) in [6, 6.07) is 0. The van der Waals surface area contributed by atoms with Gasteiger partial charge in [0, 0.05) is 9.77 Å². The van der Waals surface area contributed by atoms with Crippen molar-refractivity contribution in [3.05, 3.63) is 16.1 Å². The van der Waals surface area contributed by atoms with Gasteiger partial charge >= 0.3 is 23.5 Å². The van der Waals surface area contributed by atoms with Gasteiger partial charge in [-0.05, 0) is 22.6 Å². The van der Waals surface area contributed by atoms with Gasteiger partial charge in [-0.2, -0.15) is 8.62 Å². The molecule has 0 radical (unpaired) electrons. The monoisotopic (exact) mass is 632 g/mol. The van der Waals surface area contributed by atoms with E-state index in [0.717, 1.165) is 0 Å². The molecule has 21 heteroatoms. The van der Waals surface area contributed by atoms with Gasteiger partial charge in [-0.3, -0.25) is 4.52 Å². The van der Waals surface area contributed by atoms with Gasteiger partial charge in [-0.15, -0.1) is 0 Å². The van der Waals surface area contributed by atoms with E-state index >= 15 is 0 Å². The molecule has 1 fully saturated rings. The summed E-state index contributed by atoms with van der Waals surface area (Å²) in [5, 5.41) is 21.1. The van der Waals surface area contributed by atoms with Crippen LogP contribution in [-0.2, 0) is 31.6 Å². The van der Waals surface area contributed by atoms with Crippen LogP contribution in [0, 0.1) is 3.57 Å². The summed E-state index contributed by atoms with van der Waals surface area (Å²) >= 11 is 1.95. The number of nitrogens with zero attached hydrogens (tertiary/aromatic N) is 3. The van der Waals surface area contributed by atoms with E-state index in [1.165, 1.54) is 17.1 Å². The first kappa shape index (κ1) is 26.1. The second kappa shape index (κ2) is 9.24. The third kappa shape index (κ3) is 5.92. The van der Waals surface area contributed by atoms with Crippen molar-refractivity contribution in [1.82, 2.24) is 14.5 Å². The molecule has 0 spiro atoms. The van der Waals surface area contributed by atoms with Gasteiger partial charge < -0.3 is 44.8 Å². The number of rotatable bonds is 8. The molecule has 180 valence electrons. The van der Waals surface area contributed by atoms with Gasteiger partial charge in [0.1, 0.15) is 36.1 Å². The number of aliphatic hydroxyl groups is 2. The predicted molar refractivity (Wildman–Crippen MR) is 110 cm³/mol. The van der Waals surface area contributed by atoms with Crippen LogP contribution in [0.1, 0.15) is 6.23 Å². The molecule has 8 N–H and O–H groups in total. The van der Waals surface area contributed by atoms with Crippen molar-refractivity contribution >= 4 is 62.9 Å². The van der Waals surface area contributed by atoms with E-state index in [2.05, 4.69) is 23.1 Å². The first-order valence-electron chi connectivity index (χ1n) is 8.17. The number of hydrogen-bond acceptors (Lipinski definition) is 12. The van der Waals surface area contributed by atoms with Crippen LogP contribution < -0.4 is 5.73 Å². The van der Waals surface area contributed by atoms with Crippen LogP contribution in [0.15, 0.2) is 12.5 Å². The summed E-state index contributed by atoms with van der Waals surface area (Å²) in [5.41, 5.74) is 6.10. The van der Waals surface area contributed by atoms with E-state index in [1.807, 2.05) is 22.6 Å². The maximum atomic E-state index is 11.8. The Labute approximate surface area is 191 Å². The molecule has 3 rings (SSSR count). The quantitative estimate of drug-likeness (QED) is 0.144. The minimum atomic E-state index is -5.70. The van der Waals surface area contributed by atoms with Crippen molar-refractivity contribution < 1.29 is 61.4 Å². The molecule has 2 aromatic heterocycles. The molecule has 17 nitrogen and oxygen atoms in total. The van der Waals surface area contributed by atoms with Gasteiger partial charge in [-0.25, -0.2) is 23.7 Å². The lowest BCUT2D eigenvalue weighted by atomic mass is 10.1. The number of hydrogen-bond donors (Lipinski definition) is 7. The van der Waals surface area contributed by atoms with Crippen molar-refractivity contribution in [3.63, 3.8) is 0 Å². The summed E-state index contributed by atoms with van der Waals surface area (Å²) in [6.07, 6.45) is -3.20. The van der Waals surface area contributed by atoms with Gasteiger partial charge in [-0.1, -0.05) is 0 Å². The predicted octanol–water partition coefficient (Wildman–Crippen LogP) is -0.419. The zero-order valence-corrected chi connectivity index (χ0v) is 20.2. The van der Waals surface area contributed by atoms with Gasteiger partial charge in [0.05, 0.1) is 12.0 Å². The largest absolute Gasteiger partial charge is 0.490 e. The number of halogens is 1. The molecule has 1 saturated heterocycles. The molecule has 0 saturated carbocycles. The fraction of sp³-hybridized carbons (Fsp3) is 0.455. The average molecular weight is 632 g/mol. The number of aromatic nitrogens is 3. The Kier molecular flexibility index (Phi) is 7.52. The van der Waals surface area contributed by atoms with Crippen molar-refractivity contribution in [2.45, 2.75) is 24.5 Å². The summed E-state index contributed by atoms with van der Waals surface area (Å²) < 4.78 is 52.9. The smallest absolute Gasteiger partial charge is 0.387 e. The normalized spacial score (nSPS) is 28.0. The lowest BCUT2D eigenvalue weighted by molar-refractivity contribution is -0.0501. The van der Waals surface area contributed by atoms with Crippen molar-refractivity contribution in [2.24, 2.45) is 0 Å². The molecule has 2 aromatic rings. The Morgan fingerprint density at radius 1 is 1.09 bits per heavy atom. The third-order valence-corrected chi connectivity index (χ3v) is 8.64. The van der Waals surface area contributed by atoms with E-state index < -0.39 is 54.6 Å². The van der Waals surface area contributed by atoms with Crippen LogP contribution in [0.5, 0.6) is 0 Å². The second-order valence-corrected chi connectivity index (χ2v) is 11.9. The second-order valence-electron chi connectivity index (χ2n) is 6.27. The molecule has 3 unspecified atom stereocenters. The fourth-order valence-electron chi connectivity index (χ4n) is 2.82. The highest BCUT2D eigenvalue weighted by Gasteiger charge is 2.47. The molecule has 0 bridgehead atoms. The van der Waals surface area contributed by atoms with E-state index in [1.54, 1.807) is 0 Å². The maximum Gasteiger partial charge on any atom is 0.490 e. The highest BCUT2D eigenvalue weighted by molar-refractivity contribution is 14.1. The maximum absolute atomic E-state index is 11.8. The first-order valence-corrected chi connectivity index (χ1v) is 13.8. The van der Waals surface area contributed by atoms with Gasteiger partial charge in [0.25, 0.3) is 0 Å². The number of ether oxygens (including phenoxy) is 1. The Hall–Kier alpha value is -0.560. The number of fused-ring (bicyclic) bond motifs is 1. The summed E-state index contributed by atoms with van der Waals surface area (Å²) in [7, 11) is -16.7. The Bertz CT molecular complexity index is 1160. The van der Waals surface area contributed by atoms with Crippen LogP contribution in [0.25, 0.3) is 11.0 Å². The van der Waals surface area contributed by atoms with E-state index in [4.69, 9.17) is 25.2 Å². The molecule has 0 amide bonds. The highest BCUT2D eigenvalue weighted by Crippen LogP contribution is 2.66. The molecular weight excluding hydrogens is 616 g/mol. The number of nitrogens with two attached hydrogens (primary N) is 1. The third-order valence-electron chi connectivity index (χ3n) is 4.02. The Balaban J connectivity index is 1.73. The van der Waals surface area contributed by atoms with E-state index in [9.17, 15) is 28.8 Å². The number of anilines is 1. The zero-order chi connectivity index (χ0) is 24.1. The zero-order valence-electron chi connectivity index (χ0n) is 15.4. The van der Waals surface area contributed by atoms with Crippen LogP contribution in [0.3, 0.4) is 0 Å². The number of nitrogen functional groups attached to an aromatic ring is 1. The average Bonchev–Trinajstić information content (AvgIpc) is 3.09. The van der Waals surface area contributed by atoms with Crippen molar-refractivity contribution in [1.29, 1.82) is 0 Å².